The molecule has 0 saturated heterocycles. The molecule has 0 aliphatic heterocycles. The molecule has 5 heteroatoms. The van der Waals surface area contributed by atoms with E-state index < -0.39 is 5.97 Å². The van der Waals surface area contributed by atoms with Crippen LogP contribution < -0.4 is 5.73 Å². The first kappa shape index (κ1) is 14.0. The van der Waals surface area contributed by atoms with Crippen LogP contribution in [0.25, 0.3) is 0 Å². The molecule has 1 aliphatic rings. The van der Waals surface area contributed by atoms with E-state index in [1.165, 1.54) is 0 Å². The Balaban J connectivity index is 2.60. The zero-order valence-electron chi connectivity index (χ0n) is 10.6. The van der Waals surface area contributed by atoms with E-state index in [1.807, 2.05) is 6.92 Å². The number of rotatable bonds is 5. The Bertz CT molecular complexity index is 293. The standard InChI is InChI=1S/C12H22N2O3/c1-3-14(8(2)6-11(15)16)12(17)9-4-5-10(13)7-9/h8-10H,3-7,13H2,1-2H3,(H,15,16). The Kier molecular flexibility index (Phi) is 4.93. The molecule has 98 valence electrons. The minimum atomic E-state index is -0.869. The van der Waals surface area contributed by atoms with Gasteiger partial charge in [0.25, 0.3) is 0 Å². The van der Waals surface area contributed by atoms with Gasteiger partial charge in [-0.05, 0) is 33.1 Å². The minimum absolute atomic E-state index is 0.00163. The van der Waals surface area contributed by atoms with Crippen LogP contribution in [0.4, 0.5) is 0 Å². The number of amides is 1. The molecule has 5 nitrogen and oxygen atoms in total. The average Bonchev–Trinajstić information content (AvgIpc) is 2.64. The highest BCUT2D eigenvalue weighted by atomic mass is 16.4. The van der Waals surface area contributed by atoms with Crippen molar-refractivity contribution in [3.8, 4) is 0 Å². The van der Waals surface area contributed by atoms with Gasteiger partial charge >= 0.3 is 5.97 Å². The van der Waals surface area contributed by atoms with Crippen LogP contribution >= 0.6 is 0 Å². The average molecular weight is 242 g/mol. The van der Waals surface area contributed by atoms with E-state index in [9.17, 15) is 9.59 Å². The largest absolute Gasteiger partial charge is 0.481 e. The summed E-state index contributed by atoms with van der Waals surface area (Å²) >= 11 is 0. The van der Waals surface area contributed by atoms with Crippen molar-refractivity contribution < 1.29 is 14.7 Å². The van der Waals surface area contributed by atoms with Gasteiger partial charge < -0.3 is 15.7 Å². The molecule has 0 radical (unpaired) electrons. The van der Waals surface area contributed by atoms with E-state index in [-0.39, 0.29) is 30.3 Å². The number of carboxylic acid groups (broad SMARTS) is 1. The zero-order valence-corrected chi connectivity index (χ0v) is 10.6. The molecular weight excluding hydrogens is 220 g/mol. The number of carbonyl (C=O) groups is 2. The van der Waals surface area contributed by atoms with Gasteiger partial charge in [-0.25, -0.2) is 0 Å². The summed E-state index contributed by atoms with van der Waals surface area (Å²) in [7, 11) is 0. The summed E-state index contributed by atoms with van der Waals surface area (Å²) in [5.41, 5.74) is 5.80. The minimum Gasteiger partial charge on any atom is -0.481 e. The third-order valence-corrected chi connectivity index (χ3v) is 3.45. The summed E-state index contributed by atoms with van der Waals surface area (Å²) in [5.74, 6) is -0.817. The van der Waals surface area contributed by atoms with Crippen LogP contribution in [-0.4, -0.2) is 40.5 Å². The van der Waals surface area contributed by atoms with Crippen molar-refractivity contribution in [2.75, 3.05) is 6.54 Å². The van der Waals surface area contributed by atoms with Gasteiger partial charge in [-0.1, -0.05) is 0 Å². The lowest BCUT2D eigenvalue weighted by atomic mass is 10.0. The number of carboxylic acids is 1. The number of hydrogen-bond acceptors (Lipinski definition) is 3. The lowest BCUT2D eigenvalue weighted by molar-refractivity contribution is -0.142. The summed E-state index contributed by atoms with van der Waals surface area (Å²) in [6.07, 6.45) is 2.45. The summed E-state index contributed by atoms with van der Waals surface area (Å²) < 4.78 is 0. The SMILES string of the molecule is CCN(C(=O)C1CCC(N)C1)C(C)CC(=O)O. The second kappa shape index (κ2) is 6.00. The third-order valence-electron chi connectivity index (χ3n) is 3.45. The highest BCUT2D eigenvalue weighted by molar-refractivity contribution is 5.80. The van der Waals surface area contributed by atoms with E-state index >= 15 is 0 Å². The molecule has 1 rings (SSSR count). The van der Waals surface area contributed by atoms with E-state index in [4.69, 9.17) is 10.8 Å². The molecule has 0 bridgehead atoms. The Hall–Kier alpha value is -1.10. The van der Waals surface area contributed by atoms with E-state index in [2.05, 4.69) is 0 Å². The van der Waals surface area contributed by atoms with E-state index in [0.717, 1.165) is 19.3 Å². The van der Waals surface area contributed by atoms with Crippen molar-refractivity contribution >= 4 is 11.9 Å². The van der Waals surface area contributed by atoms with E-state index in [1.54, 1.807) is 11.8 Å². The first-order valence-electron chi connectivity index (χ1n) is 6.23. The van der Waals surface area contributed by atoms with Crippen LogP contribution in [0, 0.1) is 5.92 Å². The van der Waals surface area contributed by atoms with Crippen molar-refractivity contribution in [3.63, 3.8) is 0 Å². The maximum atomic E-state index is 12.2. The van der Waals surface area contributed by atoms with E-state index in [0.29, 0.717) is 6.54 Å². The van der Waals surface area contributed by atoms with Crippen molar-refractivity contribution in [2.45, 2.75) is 51.6 Å². The summed E-state index contributed by atoms with van der Waals surface area (Å²) in [5, 5.41) is 8.76. The lowest BCUT2D eigenvalue weighted by Gasteiger charge is -2.29. The summed E-state index contributed by atoms with van der Waals surface area (Å²) in [6, 6.07) is -0.126. The number of nitrogens with zero attached hydrogens (tertiary/aromatic N) is 1. The molecular formula is C12H22N2O3. The zero-order chi connectivity index (χ0) is 13.0. The van der Waals surface area contributed by atoms with Gasteiger partial charge in [0.15, 0.2) is 0 Å². The fraction of sp³-hybridized carbons (Fsp3) is 0.833. The summed E-state index contributed by atoms with van der Waals surface area (Å²) in [4.78, 5) is 24.6. The Morgan fingerprint density at radius 1 is 1.47 bits per heavy atom. The van der Waals surface area contributed by atoms with Crippen molar-refractivity contribution in [2.24, 2.45) is 11.7 Å². The van der Waals surface area contributed by atoms with Crippen LogP contribution in [0.1, 0.15) is 39.5 Å². The third kappa shape index (κ3) is 3.70. The molecule has 1 fully saturated rings. The topological polar surface area (TPSA) is 83.6 Å². The molecule has 1 amide bonds. The Labute approximate surface area is 102 Å². The second-order valence-corrected chi connectivity index (χ2v) is 4.84. The van der Waals surface area contributed by atoms with Crippen LogP contribution in [0.15, 0.2) is 0 Å². The Morgan fingerprint density at radius 2 is 2.12 bits per heavy atom. The van der Waals surface area contributed by atoms with Crippen molar-refractivity contribution in [3.05, 3.63) is 0 Å². The van der Waals surface area contributed by atoms with Crippen molar-refractivity contribution in [1.29, 1.82) is 0 Å². The lowest BCUT2D eigenvalue weighted by Crippen LogP contribution is -2.42. The number of carbonyl (C=O) groups excluding carboxylic acids is 1. The van der Waals surface area contributed by atoms with Gasteiger partial charge in [-0.2, -0.15) is 0 Å². The maximum Gasteiger partial charge on any atom is 0.305 e. The molecule has 1 aliphatic carbocycles. The van der Waals surface area contributed by atoms with Gasteiger partial charge in [-0.3, -0.25) is 9.59 Å². The van der Waals surface area contributed by atoms with Crippen molar-refractivity contribution in [1.82, 2.24) is 4.90 Å². The molecule has 0 heterocycles. The molecule has 3 N–H and O–H groups in total. The fourth-order valence-corrected chi connectivity index (χ4v) is 2.52. The smallest absolute Gasteiger partial charge is 0.305 e. The highest BCUT2D eigenvalue weighted by Gasteiger charge is 2.32. The predicted octanol–water partition coefficient (Wildman–Crippen LogP) is 0.825. The van der Waals surface area contributed by atoms with Crippen LogP contribution in [0.3, 0.4) is 0 Å². The maximum absolute atomic E-state index is 12.2. The van der Waals surface area contributed by atoms with Gasteiger partial charge in [0.2, 0.25) is 5.91 Å². The van der Waals surface area contributed by atoms with Crippen LogP contribution in [0.2, 0.25) is 0 Å². The predicted molar refractivity (Wildman–Crippen MR) is 64.4 cm³/mol. The molecule has 3 unspecified atom stereocenters. The molecule has 17 heavy (non-hydrogen) atoms. The molecule has 0 aromatic carbocycles. The fourth-order valence-electron chi connectivity index (χ4n) is 2.52. The normalized spacial score (nSPS) is 25.6. The van der Waals surface area contributed by atoms with Gasteiger partial charge in [-0.15, -0.1) is 0 Å². The van der Waals surface area contributed by atoms with Crippen LogP contribution in [0.5, 0.6) is 0 Å². The highest BCUT2D eigenvalue weighted by Crippen LogP contribution is 2.26. The molecule has 0 aromatic heterocycles. The molecule has 0 spiro atoms. The monoisotopic (exact) mass is 242 g/mol. The first-order valence-corrected chi connectivity index (χ1v) is 6.23. The van der Waals surface area contributed by atoms with Crippen LogP contribution in [-0.2, 0) is 9.59 Å². The quantitative estimate of drug-likeness (QED) is 0.747. The summed E-state index contributed by atoms with van der Waals surface area (Å²) in [6.45, 7) is 4.22. The molecule has 3 atom stereocenters. The molecule has 1 saturated carbocycles. The first-order chi connectivity index (χ1) is 7.95. The second-order valence-electron chi connectivity index (χ2n) is 4.84. The van der Waals surface area contributed by atoms with Gasteiger partial charge in [0.05, 0.1) is 6.42 Å². The Morgan fingerprint density at radius 3 is 2.53 bits per heavy atom. The number of aliphatic carboxylic acids is 1. The van der Waals surface area contributed by atoms with Gasteiger partial charge in [0, 0.05) is 24.5 Å². The number of nitrogens with two attached hydrogens (primary N) is 1. The van der Waals surface area contributed by atoms with Gasteiger partial charge in [0.1, 0.15) is 0 Å². The molecule has 0 aromatic rings. The number of hydrogen-bond donors (Lipinski definition) is 2.